The van der Waals surface area contributed by atoms with Crippen molar-refractivity contribution in [2.45, 2.75) is 58.0 Å². The number of fused-ring (bicyclic) bond motifs is 1. The molecule has 1 N–H and O–H groups in total. The molecule has 1 saturated carbocycles. The molecule has 3 atom stereocenters. The Kier molecular flexibility index (Phi) is 10.0. The average molecular weight is 464 g/mol. The van der Waals surface area contributed by atoms with Gasteiger partial charge >= 0.3 is 6.03 Å². The van der Waals surface area contributed by atoms with Crippen LogP contribution in [0.4, 0.5) is 4.79 Å². The molecule has 33 heavy (non-hydrogen) atoms. The van der Waals surface area contributed by atoms with Crippen molar-refractivity contribution in [3.8, 4) is 0 Å². The molecular weight excluding hydrogens is 418 g/mol. The van der Waals surface area contributed by atoms with Crippen molar-refractivity contribution in [3.63, 3.8) is 0 Å². The van der Waals surface area contributed by atoms with E-state index in [1.807, 2.05) is 37.0 Å². The number of amides is 2. The van der Waals surface area contributed by atoms with E-state index in [9.17, 15) is 9.59 Å². The Bertz CT molecular complexity index is 675. The van der Waals surface area contributed by atoms with Gasteiger partial charge in [-0.2, -0.15) is 0 Å². The number of nitrogens with one attached hydrogen (secondary N) is 1. The van der Waals surface area contributed by atoms with E-state index in [0.29, 0.717) is 24.9 Å². The number of Topliss-reactive ketones (excluding diaryl/α,β-unsaturated/α-hetero) is 1. The molecule has 8 nitrogen and oxygen atoms in total. The first kappa shape index (κ1) is 26.0. The van der Waals surface area contributed by atoms with Gasteiger partial charge in [-0.25, -0.2) is 4.79 Å². The van der Waals surface area contributed by atoms with E-state index in [2.05, 4.69) is 22.0 Å². The number of carbonyl (C=O) groups excluding carboxylic acids is 2. The van der Waals surface area contributed by atoms with Gasteiger partial charge in [0.25, 0.3) is 0 Å². The highest BCUT2D eigenvalue weighted by Gasteiger charge is 2.41. The Morgan fingerprint density at radius 3 is 2.73 bits per heavy atom. The number of ketones is 1. The van der Waals surface area contributed by atoms with Crippen LogP contribution in [0.3, 0.4) is 0 Å². The molecule has 2 saturated heterocycles. The summed E-state index contributed by atoms with van der Waals surface area (Å²) in [5, 5.41) is 3.32. The summed E-state index contributed by atoms with van der Waals surface area (Å²) in [6.07, 6.45) is 6.42. The van der Waals surface area contributed by atoms with Gasteiger partial charge in [-0.05, 0) is 45.1 Å². The average Bonchev–Trinajstić information content (AvgIpc) is 3.04. The van der Waals surface area contributed by atoms with Crippen molar-refractivity contribution in [1.29, 1.82) is 0 Å². The Morgan fingerprint density at radius 1 is 1.18 bits per heavy atom. The van der Waals surface area contributed by atoms with Gasteiger partial charge < -0.3 is 19.9 Å². The highest BCUT2D eigenvalue weighted by molar-refractivity contribution is 5.96. The Morgan fingerprint density at radius 2 is 2.00 bits per heavy atom. The molecule has 0 spiro atoms. The minimum atomic E-state index is 0.0267. The summed E-state index contributed by atoms with van der Waals surface area (Å²) < 4.78 is 5.54. The molecule has 0 radical (unpaired) electrons. The maximum atomic E-state index is 13.1. The number of likely N-dealkylation sites (N-methyl/N-ethyl adjacent to an activating group) is 1. The maximum Gasteiger partial charge on any atom is 0.317 e. The van der Waals surface area contributed by atoms with E-state index in [-0.39, 0.29) is 17.9 Å². The van der Waals surface area contributed by atoms with Crippen LogP contribution >= 0.6 is 0 Å². The molecule has 2 aliphatic heterocycles. The van der Waals surface area contributed by atoms with Crippen LogP contribution in [0.5, 0.6) is 0 Å². The van der Waals surface area contributed by atoms with Crippen LogP contribution < -0.4 is 5.32 Å². The number of carbonyl (C=O) groups is 2. The normalized spacial score (nSPS) is 28.3. The lowest BCUT2D eigenvalue weighted by Crippen LogP contribution is -2.59. The summed E-state index contributed by atoms with van der Waals surface area (Å²) in [6.45, 7) is 12.0. The summed E-state index contributed by atoms with van der Waals surface area (Å²) >= 11 is 0. The van der Waals surface area contributed by atoms with Crippen LogP contribution in [-0.4, -0.2) is 117 Å². The third kappa shape index (κ3) is 7.42. The van der Waals surface area contributed by atoms with Crippen molar-refractivity contribution in [2.75, 3.05) is 73.1 Å². The van der Waals surface area contributed by atoms with E-state index in [4.69, 9.17) is 4.74 Å². The Hall–Kier alpha value is -1.64. The molecule has 3 rings (SSSR count). The number of ether oxygens (including phenoxy) is 1. The molecule has 0 aromatic rings. The van der Waals surface area contributed by atoms with E-state index >= 15 is 0 Å². The second-order valence-corrected chi connectivity index (χ2v) is 10.0. The lowest BCUT2D eigenvalue weighted by molar-refractivity contribution is -0.119. The van der Waals surface area contributed by atoms with Crippen LogP contribution in [0.2, 0.25) is 0 Å². The topological polar surface area (TPSA) is 68.4 Å². The van der Waals surface area contributed by atoms with Crippen LogP contribution in [0, 0.1) is 5.92 Å². The van der Waals surface area contributed by atoms with E-state index < -0.39 is 0 Å². The number of hydrogen-bond acceptors (Lipinski definition) is 6. The zero-order valence-corrected chi connectivity index (χ0v) is 21.2. The molecule has 0 aromatic heterocycles. The first-order valence-electron chi connectivity index (χ1n) is 12.9. The fourth-order valence-corrected chi connectivity index (χ4v) is 5.58. The monoisotopic (exact) mass is 463 g/mol. The van der Waals surface area contributed by atoms with Gasteiger partial charge in [0.2, 0.25) is 0 Å². The highest BCUT2D eigenvalue weighted by Crippen LogP contribution is 2.36. The Labute approximate surface area is 200 Å². The van der Waals surface area contributed by atoms with Crippen LogP contribution in [0.15, 0.2) is 11.8 Å². The number of piperidine rings is 1. The number of hydrogen-bond donors (Lipinski definition) is 1. The van der Waals surface area contributed by atoms with Gasteiger partial charge in [0, 0.05) is 90.2 Å². The summed E-state index contributed by atoms with van der Waals surface area (Å²) in [5.74, 6) is 0.583. The zero-order valence-electron chi connectivity index (χ0n) is 21.2. The third-order valence-electron chi connectivity index (χ3n) is 7.21. The molecule has 2 amide bonds. The number of likely N-dealkylation sites (tertiary alicyclic amines) is 1. The fraction of sp³-hybridized carbons (Fsp3) is 0.840. The number of nitrogens with zero attached hydrogens (tertiary/aromatic N) is 4. The molecule has 8 heteroatoms. The van der Waals surface area contributed by atoms with Gasteiger partial charge in [-0.3, -0.25) is 14.6 Å². The lowest BCUT2D eigenvalue weighted by Gasteiger charge is -2.47. The van der Waals surface area contributed by atoms with Crippen LogP contribution in [0.25, 0.3) is 0 Å². The first-order chi connectivity index (χ1) is 15.9. The Balaban J connectivity index is 1.58. The van der Waals surface area contributed by atoms with Crippen molar-refractivity contribution < 1.29 is 14.3 Å². The highest BCUT2D eigenvalue weighted by atomic mass is 16.5. The summed E-state index contributed by atoms with van der Waals surface area (Å²) in [6, 6.07) is 0.520. The van der Waals surface area contributed by atoms with Gasteiger partial charge in [0.05, 0.1) is 6.61 Å². The minimum Gasteiger partial charge on any atom is -0.383 e. The van der Waals surface area contributed by atoms with Gasteiger partial charge in [-0.15, -0.1) is 0 Å². The molecule has 0 aromatic carbocycles. The molecule has 0 unspecified atom stereocenters. The van der Waals surface area contributed by atoms with Crippen molar-refractivity contribution >= 4 is 11.8 Å². The van der Waals surface area contributed by atoms with Crippen molar-refractivity contribution in [2.24, 2.45) is 5.92 Å². The predicted molar refractivity (Wildman–Crippen MR) is 131 cm³/mol. The molecular formula is C25H45N5O3. The van der Waals surface area contributed by atoms with Crippen molar-refractivity contribution in [3.05, 3.63) is 11.8 Å². The quantitative estimate of drug-likeness (QED) is 0.556. The van der Waals surface area contributed by atoms with E-state index in [1.165, 1.54) is 0 Å². The number of rotatable bonds is 8. The third-order valence-corrected chi connectivity index (χ3v) is 7.21. The SMILES string of the molecule is CCCN1C[C@@H](NC(=O)N(CC)CCN2CCCOCC2)C[C@@H]2CC(=O)C(=CN(C)C)C[C@H]21. The molecule has 3 fully saturated rings. The number of urea groups is 1. The van der Waals surface area contributed by atoms with E-state index in [1.54, 1.807) is 0 Å². The first-order valence-corrected chi connectivity index (χ1v) is 12.9. The minimum absolute atomic E-state index is 0.0267. The summed E-state index contributed by atoms with van der Waals surface area (Å²) in [4.78, 5) is 34.7. The second kappa shape index (κ2) is 12.7. The maximum absolute atomic E-state index is 13.1. The van der Waals surface area contributed by atoms with Crippen LogP contribution in [0.1, 0.15) is 46.0 Å². The zero-order chi connectivity index (χ0) is 23.8. The van der Waals surface area contributed by atoms with E-state index in [0.717, 1.165) is 83.7 Å². The molecule has 0 bridgehead atoms. The lowest BCUT2D eigenvalue weighted by atomic mass is 9.74. The molecule has 3 aliphatic rings. The predicted octanol–water partition coefficient (Wildman–Crippen LogP) is 2.02. The van der Waals surface area contributed by atoms with Gasteiger partial charge in [-0.1, -0.05) is 6.92 Å². The fourth-order valence-electron chi connectivity index (χ4n) is 5.58. The van der Waals surface area contributed by atoms with Gasteiger partial charge in [0.1, 0.15) is 0 Å². The summed E-state index contributed by atoms with van der Waals surface area (Å²) in [5.41, 5.74) is 0.945. The van der Waals surface area contributed by atoms with Gasteiger partial charge in [0.15, 0.2) is 5.78 Å². The van der Waals surface area contributed by atoms with Crippen molar-refractivity contribution in [1.82, 2.24) is 24.9 Å². The largest absolute Gasteiger partial charge is 0.383 e. The molecule has 1 aliphatic carbocycles. The smallest absolute Gasteiger partial charge is 0.317 e. The van der Waals surface area contributed by atoms with Crippen LogP contribution in [-0.2, 0) is 9.53 Å². The molecule has 2 heterocycles. The molecule has 188 valence electrons. The summed E-state index contributed by atoms with van der Waals surface area (Å²) in [7, 11) is 3.95. The second-order valence-electron chi connectivity index (χ2n) is 10.0. The standard InChI is InChI=1S/C25H45N5O3/c1-5-8-30-19-22(15-20-17-24(31)21(16-23(20)30)18-27(3)4)26-25(32)29(6-2)11-10-28-9-7-13-33-14-12-28/h18,20,22-23H,5-17,19H2,1-4H3,(H,26,32)/t20-,22+,23-/m1/s1.